The van der Waals surface area contributed by atoms with Crippen molar-refractivity contribution in [2.45, 2.75) is 38.5 Å². The zero-order chi connectivity index (χ0) is 14.2. The lowest BCUT2D eigenvalue weighted by Gasteiger charge is -2.26. The van der Waals surface area contributed by atoms with Gasteiger partial charge in [0.2, 0.25) is 0 Å². The van der Waals surface area contributed by atoms with E-state index in [4.69, 9.17) is 0 Å². The van der Waals surface area contributed by atoms with E-state index in [1.54, 1.807) is 10.9 Å². The topological polar surface area (TPSA) is 65.8 Å². The fourth-order valence-corrected chi connectivity index (χ4v) is 2.51. The average molecular weight is 280 g/mol. The highest BCUT2D eigenvalue weighted by Gasteiger charge is 2.28. The van der Waals surface area contributed by atoms with Gasteiger partial charge in [-0.05, 0) is 39.3 Å². The van der Waals surface area contributed by atoms with Gasteiger partial charge in [-0.3, -0.25) is 4.68 Å². The van der Waals surface area contributed by atoms with E-state index in [2.05, 4.69) is 14.8 Å². The fraction of sp³-hybridized carbons (Fsp3) is 0.538. The third-order valence-electron chi connectivity index (χ3n) is 2.93. The Morgan fingerprint density at radius 2 is 2.05 bits per heavy atom. The summed E-state index contributed by atoms with van der Waals surface area (Å²) in [6, 6.07) is 2.02. The van der Waals surface area contributed by atoms with Gasteiger partial charge in [0.15, 0.2) is 5.65 Å². The highest BCUT2D eigenvalue weighted by atomic mass is 32.2. The Balaban J connectivity index is 2.19. The minimum Gasteiger partial charge on any atom is -0.598 e. The van der Waals surface area contributed by atoms with Gasteiger partial charge in [-0.2, -0.15) is 5.10 Å². The molecular formula is C13H20N4OS. The van der Waals surface area contributed by atoms with Crippen molar-refractivity contribution in [2.24, 2.45) is 7.05 Å². The lowest BCUT2D eigenvalue weighted by molar-refractivity contribution is 0.531. The molecule has 0 spiro atoms. The Hall–Kier alpha value is -1.11. The van der Waals surface area contributed by atoms with Crippen LogP contribution >= 0.6 is 0 Å². The fourth-order valence-electron chi connectivity index (χ4n) is 1.70. The molecule has 0 radical (unpaired) electrons. The van der Waals surface area contributed by atoms with Crippen LogP contribution in [-0.2, 0) is 18.4 Å². The molecule has 19 heavy (non-hydrogen) atoms. The second-order valence-electron chi connectivity index (χ2n) is 5.67. The summed E-state index contributed by atoms with van der Waals surface area (Å²) in [5.74, 6) is 0. The summed E-state index contributed by atoms with van der Waals surface area (Å²) in [5.41, 5.74) is 1.87. The average Bonchev–Trinajstić information content (AvgIpc) is 2.69. The number of nitrogens with one attached hydrogen (secondary N) is 1. The van der Waals surface area contributed by atoms with Crippen molar-refractivity contribution in [3.8, 4) is 0 Å². The number of rotatable bonds is 3. The predicted molar refractivity (Wildman–Crippen MR) is 78.0 cm³/mol. The van der Waals surface area contributed by atoms with Crippen molar-refractivity contribution in [3.05, 3.63) is 24.0 Å². The summed E-state index contributed by atoms with van der Waals surface area (Å²) in [5, 5.41) is 5.17. The van der Waals surface area contributed by atoms with E-state index < -0.39 is 11.4 Å². The van der Waals surface area contributed by atoms with Crippen LogP contribution in [0.2, 0.25) is 0 Å². The third kappa shape index (κ3) is 3.08. The monoisotopic (exact) mass is 280 g/mol. The maximum Gasteiger partial charge on any atom is 0.157 e. The smallest absolute Gasteiger partial charge is 0.157 e. The van der Waals surface area contributed by atoms with E-state index in [1.165, 1.54) is 0 Å². The van der Waals surface area contributed by atoms with E-state index in [0.717, 1.165) is 16.6 Å². The van der Waals surface area contributed by atoms with Gasteiger partial charge < -0.3 is 4.55 Å². The second-order valence-corrected chi connectivity index (χ2v) is 7.67. The summed E-state index contributed by atoms with van der Waals surface area (Å²) in [4.78, 5) is 4.39. The molecule has 2 rings (SSSR count). The first kappa shape index (κ1) is 14.3. The number of fused-ring (bicyclic) bond motifs is 1. The number of nitrogens with zero attached hydrogens (tertiary/aromatic N) is 3. The highest BCUT2D eigenvalue weighted by molar-refractivity contribution is 7.90. The van der Waals surface area contributed by atoms with E-state index in [9.17, 15) is 4.55 Å². The number of hydrogen-bond donors (Lipinski definition) is 1. The van der Waals surface area contributed by atoms with Gasteiger partial charge in [0.1, 0.15) is 4.75 Å². The van der Waals surface area contributed by atoms with Crippen molar-refractivity contribution in [1.29, 1.82) is 0 Å². The summed E-state index contributed by atoms with van der Waals surface area (Å²) >= 11 is -1.10. The Bertz CT molecular complexity index is 576. The molecule has 1 N–H and O–H groups in total. The van der Waals surface area contributed by atoms with E-state index in [0.29, 0.717) is 0 Å². The van der Waals surface area contributed by atoms with Crippen molar-refractivity contribution in [1.82, 2.24) is 19.5 Å². The molecule has 0 aromatic carbocycles. The molecule has 2 atom stereocenters. The van der Waals surface area contributed by atoms with E-state index >= 15 is 0 Å². The number of aryl methyl sites for hydroxylation is 1. The van der Waals surface area contributed by atoms with Crippen LogP contribution in [0.15, 0.2) is 18.5 Å². The first-order chi connectivity index (χ1) is 8.79. The molecular weight excluding hydrogens is 260 g/mol. The standard InChI is InChI=1S/C13H20N4OS/c1-9(16-19(18)13(2,3)4)10-6-11-8-15-17(5)12(11)14-7-10/h6-9,16H,1-5H3. The molecule has 0 aliphatic carbocycles. The first-order valence-corrected chi connectivity index (χ1v) is 7.39. The van der Waals surface area contributed by atoms with Crippen LogP contribution in [0.3, 0.4) is 0 Å². The van der Waals surface area contributed by atoms with Crippen LogP contribution < -0.4 is 4.72 Å². The molecule has 6 heteroatoms. The minimum atomic E-state index is -1.10. The van der Waals surface area contributed by atoms with Crippen LogP contribution in [0.4, 0.5) is 0 Å². The SMILES string of the molecule is CC(N[S+]([O-])C(C)(C)C)c1cnc2c(cnn2C)c1. The Morgan fingerprint density at radius 3 is 2.68 bits per heavy atom. The van der Waals surface area contributed by atoms with E-state index in [-0.39, 0.29) is 10.8 Å². The van der Waals surface area contributed by atoms with Crippen molar-refractivity contribution in [3.63, 3.8) is 0 Å². The quantitative estimate of drug-likeness (QED) is 0.874. The first-order valence-electron chi connectivity index (χ1n) is 6.25. The number of hydrogen-bond acceptors (Lipinski definition) is 4. The van der Waals surface area contributed by atoms with Crippen LogP contribution in [-0.4, -0.2) is 24.1 Å². The van der Waals surface area contributed by atoms with Crippen LogP contribution in [0.1, 0.15) is 39.3 Å². The maximum atomic E-state index is 12.1. The van der Waals surface area contributed by atoms with Gasteiger partial charge in [0.25, 0.3) is 0 Å². The maximum absolute atomic E-state index is 12.1. The van der Waals surface area contributed by atoms with Gasteiger partial charge in [-0.25, -0.2) is 4.98 Å². The summed E-state index contributed by atoms with van der Waals surface area (Å²) in [7, 11) is 1.87. The molecule has 2 aromatic heterocycles. The summed E-state index contributed by atoms with van der Waals surface area (Å²) in [6.45, 7) is 7.84. The van der Waals surface area contributed by atoms with Crippen LogP contribution in [0.25, 0.3) is 11.0 Å². The highest BCUT2D eigenvalue weighted by Crippen LogP contribution is 2.21. The second kappa shape index (κ2) is 5.11. The van der Waals surface area contributed by atoms with Gasteiger partial charge in [0, 0.05) is 30.0 Å². The molecule has 0 aliphatic heterocycles. The Morgan fingerprint density at radius 1 is 1.37 bits per heavy atom. The lowest BCUT2D eigenvalue weighted by Crippen LogP contribution is -2.40. The van der Waals surface area contributed by atoms with Gasteiger partial charge in [-0.1, -0.05) is 0 Å². The molecule has 2 unspecified atom stereocenters. The van der Waals surface area contributed by atoms with Crippen molar-refractivity contribution in [2.75, 3.05) is 0 Å². The van der Waals surface area contributed by atoms with Crippen molar-refractivity contribution >= 4 is 22.4 Å². The minimum absolute atomic E-state index is 0.0165. The molecule has 0 fully saturated rings. The van der Waals surface area contributed by atoms with Gasteiger partial charge in [0.05, 0.1) is 12.2 Å². The normalized spacial score (nSPS) is 15.7. The van der Waals surface area contributed by atoms with Crippen LogP contribution in [0.5, 0.6) is 0 Å². The molecule has 0 aliphatic rings. The van der Waals surface area contributed by atoms with Gasteiger partial charge in [-0.15, -0.1) is 4.72 Å². The van der Waals surface area contributed by atoms with Crippen molar-refractivity contribution < 1.29 is 4.55 Å². The molecule has 5 nitrogen and oxygen atoms in total. The summed E-state index contributed by atoms with van der Waals surface area (Å²) in [6.07, 6.45) is 3.60. The Kier molecular flexibility index (Phi) is 3.85. The molecule has 104 valence electrons. The Labute approximate surface area is 116 Å². The molecule has 0 bridgehead atoms. The molecule has 0 saturated carbocycles. The largest absolute Gasteiger partial charge is 0.598 e. The molecule has 0 saturated heterocycles. The molecule has 2 heterocycles. The van der Waals surface area contributed by atoms with E-state index in [1.807, 2.05) is 47.0 Å². The summed E-state index contributed by atoms with van der Waals surface area (Å²) < 4.78 is 16.7. The zero-order valence-corrected chi connectivity index (χ0v) is 12.8. The third-order valence-corrected chi connectivity index (χ3v) is 4.61. The zero-order valence-electron chi connectivity index (χ0n) is 12.0. The van der Waals surface area contributed by atoms with Gasteiger partial charge >= 0.3 is 0 Å². The molecule has 2 aromatic rings. The van der Waals surface area contributed by atoms with Crippen LogP contribution in [0, 0.1) is 0 Å². The number of aromatic nitrogens is 3. The number of pyridine rings is 1. The predicted octanol–water partition coefficient (Wildman–Crippen LogP) is 2.08. The molecule has 0 amide bonds. The lowest BCUT2D eigenvalue weighted by atomic mass is 10.1.